The second kappa shape index (κ2) is 5.50. The summed E-state index contributed by atoms with van der Waals surface area (Å²) in [5.74, 6) is 1.40. The molecule has 1 rings (SSSR count). The molecule has 1 aliphatic rings. The lowest BCUT2D eigenvalue weighted by molar-refractivity contribution is -0.130. The fourth-order valence-electron chi connectivity index (χ4n) is 1.70. The first kappa shape index (κ1) is 10.9. The molecule has 1 fully saturated rings. The zero-order valence-corrected chi connectivity index (χ0v) is 8.98. The van der Waals surface area contributed by atoms with Crippen molar-refractivity contribution in [1.29, 1.82) is 0 Å². The van der Waals surface area contributed by atoms with Gasteiger partial charge in [-0.2, -0.15) is 11.8 Å². The second-order valence-electron chi connectivity index (χ2n) is 3.52. The summed E-state index contributed by atoms with van der Waals surface area (Å²) in [5.41, 5.74) is 5.60. The SMILES string of the molecule is CSCC(=O)N1CCCC(CN)C1. The Kier molecular flexibility index (Phi) is 4.59. The molecule has 0 spiro atoms. The highest BCUT2D eigenvalue weighted by molar-refractivity contribution is 7.99. The number of carbonyl (C=O) groups excluding carboxylic acids is 1. The van der Waals surface area contributed by atoms with Crippen LogP contribution < -0.4 is 5.73 Å². The topological polar surface area (TPSA) is 46.3 Å². The molecule has 0 radical (unpaired) electrons. The number of rotatable bonds is 3. The summed E-state index contributed by atoms with van der Waals surface area (Å²) < 4.78 is 0. The van der Waals surface area contributed by atoms with Crippen LogP contribution in [-0.4, -0.2) is 42.4 Å². The number of likely N-dealkylation sites (tertiary alicyclic amines) is 1. The summed E-state index contributed by atoms with van der Waals surface area (Å²) >= 11 is 1.59. The minimum Gasteiger partial charge on any atom is -0.342 e. The van der Waals surface area contributed by atoms with Crippen molar-refractivity contribution < 1.29 is 4.79 Å². The van der Waals surface area contributed by atoms with Crippen molar-refractivity contribution >= 4 is 17.7 Å². The molecule has 0 aromatic carbocycles. The molecule has 76 valence electrons. The van der Waals surface area contributed by atoms with E-state index in [1.807, 2.05) is 11.2 Å². The van der Waals surface area contributed by atoms with Gasteiger partial charge in [0.25, 0.3) is 0 Å². The minimum absolute atomic E-state index is 0.269. The molecule has 2 N–H and O–H groups in total. The van der Waals surface area contributed by atoms with Crippen LogP contribution in [0.15, 0.2) is 0 Å². The van der Waals surface area contributed by atoms with Crippen LogP contribution in [0, 0.1) is 5.92 Å². The Bertz CT molecular complexity index is 175. The van der Waals surface area contributed by atoms with Gasteiger partial charge < -0.3 is 10.6 Å². The van der Waals surface area contributed by atoms with Gasteiger partial charge in [-0.05, 0) is 31.6 Å². The lowest BCUT2D eigenvalue weighted by Gasteiger charge is -2.32. The van der Waals surface area contributed by atoms with Crippen LogP contribution >= 0.6 is 11.8 Å². The van der Waals surface area contributed by atoms with Crippen molar-refractivity contribution in [2.75, 3.05) is 31.6 Å². The van der Waals surface area contributed by atoms with E-state index in [-0.39, 0.29) is 5.91 Å². The molecule has 0 saturated carbocycles. The summed E-state index contributed by atoms with van der Waals surface area (Å²) in [6, 6.07) is 0. The maximum atomic E-state index is 11.5. The molecule has 0 aliphatic carbocycles. The van der Waals surface area contributed by atoms with E-state index < -0.39 is 0 Å². The molecule has 1 aliphatic heterocycles. The van der Waals surface area contributed by atoms with Gasteiger partial charge >= 0.3 is 0 Å². The Labute approximate surface area is 84.0 Å². The molecular weight excluding hydrogens is 184 g/mol. The van der Waals surface area contributed by atoms with Crippen LogP contribution in [0.2, 0.25) is 0 Å². The first-order valence-electron chi connectivity index (χ1n) is 4.74. The van der Waals surface area contributed by atoms with Gasteiger partial charge in [0, 0.05) is 13.1 Å². The van der Waals surface area contributed by atoms with Crippen molar-refractivity contribution in [3.63, 3.8) is 0 Å². The van der Waals surface area contributed by atoms with Gasteiger partial charge in [0.1, 0.15) is 0 Å². The van der Waals surface area contributed by atoms with Crippen LogP contribution in [0.5, 0.6) is 0 Å². The van der Waals surface area contributed by atoms with Crippen LogP contribution in [0.1, 0.15) is 12.8 Å². The van der Waals surface area contributed by atoms with Gasteiger partial charge in [0.2, 0.25) is 5.91 Å². The van der Waals surface area contributed by atoms with Crippen molar-refractivity contribution in [1.82, 2.24) is 4.90 Å². The summed E-state index contributed by atoms with van der Waals surface area (Å²) in [6.07, 6.45) is 4.25. The third-order valence-electron chi connectivity index (χ3n) is 2.47. The average Bonchev–Trinajstić information content (AvgIpc) is 2.18. The number of amides is 1. The molecule has 0 bridgehead atoms. The molecule has 0 aromatic rings. The third kappa shape index (κ3) is 3.19. The number of piperidine rings is 1. The van der Waals surface area contributed by atoms with E-state index in [1.54, 1.807) is 11.8 Å². The van der Waals surface area contributed by atoms with Crippen LogP contribution in [0.3, 0.4) is 0 Å². The van der Waals surface area contributed by atoms with Crippen LogP contribution in [0.25, 0.3) is 0 Å². The lowest BCUT2D eigenvalue weighted by Crippen LogP contribution is -2.42. The maximum absolute atomic E-state index is 11.5. The molecule has 4 heteroatoms. The fraction of sp³-hybridized carbons (Fsp3) is 0.889. The highest BCUT2D eigenvalue weighted by Crippen LogP contribution is 2.15. The van der Waals surface area contributed by atoms with E-state index in [4.69, 9.17) is 5.73 Å². The van der Waals surface area contributed by atoms with E-state index in [0.717, 1.165) is 19.5 Å². The Hall–Kier alpha value is -0.220. The molecule has 13 heavy (non-hydrogen) atoms. The fourth-order valence-corrected chi connectivity index (χ4v) is 2.13. The van der Waals surface area contributed by atoms with Gasteiger partial charge in [-0.25, -0.2) is 0 Å². The molecule has 3 nitrogen and oxygen atoms in total. The average molecular weight is 202 g/mol. The Morgan fingerprint density at radius 3 is 3.08 bits per heavy atom. The predicted octanol–water partition coefficient (Wildman–Crippen LogP) is 0.547. The Morgan fingerprint density at radius 2 is 2.46 bits per heavy atom. The first-order valence-corrected chi connectivity index (χ1v) is 6.14. The summed E-state index contributed by atoms with van der Waals surface area (Å²) in [7, 11) is 0. The van der Waals surface area contributed by atoms with Crippen molar-refractivity contribution in [2.45, 2.75) is 12.8 Å². The Balaban J connectivity index is 2.37. The highest BCUT2D eigenvalue weighted by atomic mass is 32.2. The molecular formula is C9H18N2OS. The standard InChI is InChI=1S/C9H18N2OS/c1-13-7-9(12)11-4-2-3-8(5-10)6-11/h8H,2-7,10H2,1H3. The van der Waals surface area contributed by atoms with Gasteiger partial charge in [-0.15, -0.1) is 0 Å². The number of nitrogens with zero attached hydrogens (tertiary/aromatic N) is 1. The van der Waals surface area contributed by atoms with Gasteiger partial charge in [-0.3, -0.25) is 4.79 Å². The van der Waals surface area contributed by atoms with Crippen molar-refractivity contribution in [3.8, 4) is 0 Å². The van der Waals surface area contributed by atoms with Gasteiger partial charge in [0.05, 0.1) is 5.75 Å². The molecule has 1 unspecified atom stereocenters. The minimum atomic E-state index is 0.269. The number of hydrogen-bond acceptors (Lipinski definition) is 3. The smallest absolute Gasteiger partial charge is 0.232 e. The molecule has 1 heterocycles. The van der Waals surface area contributed by atoms with E-state index in [0.29, 0.717) is 18.2 Å². The predicted molar refractivity (Wildman–Crippen MR) is 56.7 cm³/mol. The second-order valence-corrected chi connectivity index (χ2v) is 4.38. The van der Waals surface area contributed by atoms with Crippen LogP contribution in [-0.2, 0) is 4.79 Å². The summed E-state index contributed by atoms with van der Waals surface area (Å²) in [6.45, 7) is 2.51. The largest absolute Gasteiger partial charge is 0.342 e. The highest BCUT2D eigenvalue weighted by Gasteiger charge is 2.21. The molecule has 1 atom stereocenters. The van der Waals surface area contributed by atoms with Crippen LogP contribution in [0.4, 0.5) is 0 Å². The lowest BCUT2D eigenvalue weighted by atomic mass is 9.98. The van der Waals surface area contributed by atoms with Gasteiger partial charge in [0.15, 0.2) is 0 Å². The quantitative estimate of drug-likeness (QED) is 0.727. The van der Waals surface area contributed by atoms with E-state index in [9.17, 15) is 4.79 Å². The normalized spacial score (nSPS) is 23.2. The molecule has 0 aromatic heterocycles. The maximum Gasteiger partial charge on any atom is 0.232 e. The number of thioether (sulfide) groups is 1. The number of nitrogens with two attached hydrogens (primary N) is 1. The summed E-state index contributed by atoms with van der Waals surface area (Å²) in [4.78, 5) is 13.5. The first-order chi connectivity index (χ1) is 6.27. The number of hydrogen-bond donors (Lipinski definition) is 1. The van der Waals surface area contributed by atoms with E-state index in [2.05, 4.69) is 0 Å². The van der Waals surface area contributed by atoms with E-state index in [1.165, 1.54) is 6.42 Å². The molecule has 1 amide bonds. The Morgan fingerprint density at radius 1 is 1.69 bits per heavy atom. The van der Waals surface area contributed by atoms with Crippen molar-refractivity contribution in [2.24, 2.45) is 11.7 Å². The van der Waals surface area contributed by atoms with Crippen molar-refractivity contribution in [3.05, 3.63) is 0 Å². The van der Waals surface area contributed by atoms with E-state index >= 15 is 0 Å². The van der Waals surface area contributed by atoms with Gasteiger partial charge in [-0.1, -0.05) is 0 Å². The summed E-state index contributed by atoms with van der Waals surface area (Å²) in [5, 5.41) is 0. The zero-order chi connectivity index (χ0) is 9.68. The molecule has 1 saturated heterocycles. The zero-order valence-electron chi connectivity index (χ0n) is 8.16. The third-order valence-corrected chi connectivity index (χ3v) is 3.01. The monoisotopic (exact) mass is 202 g/mol. The number of carbonyl (C=O) groups is 1.